The Labute approximate surface area is 178 Å². The highest BCUT2D eigenvalue weighted by Gasteiger charge is 2.36. The zero-order chi connectivity index (χ0) is 20.0. The minimum absolute atomic E-state index is 0.124. The Kier molecular flexibility index (Phi) is 5.09. The van der Waals surface area contributed by atoms with Gasteiger partial charge in [0.05, 0.1) is 38.4 Å². The fourth-order valence-corrected chi connectivity index (χ4v) is 4.74. The van der Waals surface area contributed by atoms with E-state index in [0.29, 0.717) is 41.7 Å². The summed E-state index contributed by atoms with van der Waals surface area (Å²) in [5.41, 5.74) is 1.01. The van der Waals surface area contributed by atoms with Crippen molar-refractivity contribution in [3.8, 4) is 5.75 Å². The van der Waals surface area contributed by atoms with Gasteiger partial charge in [-0.1, -0.05) is 46.9 Å². The largest absolute Gasteiger partial charge is 0.481 e. The Morgan fingerprint density at radius 3 is 2.75 bits per heavy atom. The van der Waals surface area contributed by atoms with Crippen LogP contribution in [0.4, 0.5) is 5.69 Å². The maximum absolute atomic E-state index is 12.9. The van der Waals surface area contributed by atoms with E-state index in [2.05, 4.69) is 4.98 Å². The van der Waals surface area contributed by atoms with Crippen molar-refractivity contribution in [2.45, 2.75) is 19.1 Å². The summed E-state index contributed by atoms with van der Waals surface area (Å²) in [6.07, 6.45) is -1.54. The minimum atomic E-state index is -1.12. The third-order valence-electron chi connectivity index (χ3n) is 4.18. The number of nitrogens with zero attached hydrogens (tertiary/aromatic N) is 2. The van der Waals surface area contributed by atoms with Gasteiger partial charge in [-0.15, -0.1) is 11.3 Å². The van der Waals surface area contributed by atoms with Crippen LogP contribution in [0.3, 0.4) is 0 Å². The van der Waals surface area contributed by atoms with Crippen molar-refractivity contribution in [3.63, 3.8) is 0 Å². The quantitative estimate of drug-likeness (QED) is 0.556. The third kappa shape index (κ3) is 3.39. The Hall–Kier alpha value is -2.06. The molecule has 10 heteroatoms. The molecule has 6 nitrogen and oxygen atoms in total. The van der Waals surface area contributed by atoms with Gasteiger partial charge >= 0.3 is 5.97 Å². The van der Waals surface area contributed by atoms with Gasteiger partial charge in [0.25, 0.3) is 5.91 Å². The van der Waals surface area contributed by atoms with Gasteiger partial charge < -0.3 is 9.84 Å². The number of halogens is 3. The second-order valence-electron chi connectivity index (χ2n) is 6.04. The van der Waals surface area contributed by atoms with Crippen molar-refractivity contribution in [1.29, 1.82) is 0 Å². The molecule has 0 spiro atoms. The van der Waals surface area contributed by atoms with Crippen LogP contribution < -0.4 is 9.64 Å². The Balaban J connectivity index is 1.74. The van der Waals surface area contributed by atoms with Crippen LogP contribution in [0, 0.1) is 0 Å². The summed E-state index contributed by atoms with van der Waals surface area (Å²) in [5.74, 6) is -1.13. The van der Waals surface area contributed by atoms with Crippen LogP contribution in [0.2, 0.25) is 15.1 Å². The number of carbonyl (C=O) groups is 2. The maximum atomic E-state index is 12.9. The molecule has 1 atom stereocenters. The van der Waals surface area contributed by atoms with Gasteiger partial charge in [0, 0.05) is 0 Å². The number of ether oxygens (including phenoxy) is 1. The lowest BCUT2D eigenvalue weighted by Crippen LogP contribution is -2.46. The molecular weight excluding hydrogens is 447 g/mol. The predicted octanol–water partition coefficient (Wildman–Crippen LogP) is 5.03. The molecule has 1 unspecified atom stereocenters. The summed E-state index contributed by atoms with van der Waals surface area (Å²) in [6.45, 7) is 0.124. The summed E-state index contributed by atoms with van der Waals surface area (Å²) < 4.78 is 6.26. The first kappa shape index (κ1) is 19.3. The summed E-state index contributed by atoms with van der Waals surface area (Å²) in [6, 6.07) is 8.49. The first-order valence-electron chi connectivity index (χ1n) is 8.07. The Morgan fingerprint density at radius 1 is 1.25 bits per heavy atom. The molecule has 4 rings (SSSR count). The molecule has 2 aromatic carbocycles. The average molecular weight is 458 g/mol. The molecule has 1 amide bonds. The molecule has 0 fully saturated rings. The minimum Gasteiger partial charge on any atom is -0.481 e. The average Bonchev–Trinajstić information content (AvgIpc) is 3.07. The van der Waals surface area contributed by atoms with Crippen molar-refractivity contribution in [3.05, 3.63) is 50.4 Å². The maximum Gasteiger partial charge on any atom is 0.307 e. The molecule has 0 saturated heterocycles. The van der Waals surface area contributed by atoms with Gasteiger partial charge in [0.15, 0.2) is 6.10 Å². The van der Waals surface area contributed by atoms with Gasteiger partial charge in [-0.25, -0.2) is 4.98 Å². The highest BCUT2D eigenvalue weighted by molar-refractivity contribution is 7.19. The van der Waals surface area contributed by atoms with Crippen LogP contribution in [0.15, 0.2) is 30.3 Å². The van der Waals surface area contributed by atoms with Crippen molar-refractivity contribution < 1.29 is 19.4 Å². The number of hydrogen-bond donors (Lipinski definition) is 1. The van der Waals surface area contributed by atoms with Crippen molar-refractivity contribution >= 4 is 73.9 Å². The molecule has 28 heavy (non-hydrogen) atoms. The zero-order valence-corrected chi connectivity index (χ0v) is 17.1. The van der Waals surface area contributed by atoms with E-state index in [9.17, 15) is 9.59 Å². The molecule has 0 bridgehead atoms. The number of aliphatic carboxylic acids is 1. The van der Waals surface area contributed by atoms with E-state index in [1.807, 2.05) is 0 Å². The lowest BCUT2D eigenvalue weighted by molar-refractivity contribution is -0.142. The van der Waals surface area contributed by atoms with E-state index in [1.54, 1.807) is 30.3 Å². The number of thiazole rings is 1. The lowest BCUT2D eigenvalue weighted by Gasteiger charge is -2.33. The number of carbonyl (C=O) groups excluding carboxylic acids is 1. The van der Waals surface area contributed by atoms with Crippen LogP contribution in [-0.2, 0) is 16.1 Å². The van der Waals surface area contributed by atoms with Crippen LogP contribution in [-0.4, -0.2) is 28.1 Å². The number of rotatable bonds is 4. The molecule has 0 saturated carbocycles. The van der Waals surface area contributed by atoms with Crippen molar-refractivity contribution in [2.75, 3.05) is 4.90 Å². The third-order valence-corrected chi connectivity index (χ3v) is 6.44. The number of fused-ring (bicyclic) bond motifs is 2. The first-order chi connectivity index (χ1) is 13.3. The lowest BCUT2D eigenvalue weighted by atomic mass is 10.1. The Morgan fingerprint density at radius 2 is 2.00 bits per heavy atom. The number of hydrogen-bond acceptors (Lipinski definition) is 5. The zero-order valence-electron chi connectivity index (χ0n) is 14.0. The summed E-state index contributed by atoms with van der Waals surface area (Å²) in [4.78, 5) is 29.9. The number of carboxylic acid groups (broad SMARTS) is 1. The smallest absolute Gasteiger partial charge is 0.307 e. The molecule has 2 heterocycles. The highest BCUT2D eigenvalue weighted by Crippen LogP contribution is 2.40. The molecular formula is C18H11Cl3N2O4S. The first-order valence-corrected chi connectivity index (χ1v) is 10.0. The monoisotopic (exact) mass is 456 g/mol. The summed E-state index contributed by atoms with van der Waals surface area (Å²) in [7, 11) is 0. The van der Waals surface area contributed by atoms with E-state index < -0.39 is 24.4 Å². The standard InChI is InChI=1S/C18H11Cl3N2O4S/c19-8-5-9(20)17-16(15(8)21)22-13(28-17)7-23-10-3-1-2-4-11(10)27-12(18(23)26)6-14(24)25/h1-5,12H,6-7H2,(H,24,25). The molecule has 1 N–H and O–H groups in total. The molecule has 3 aromatic rings. The molecule has 144 valence electrons. The Bertz CT molecular complexity index is 1120. The van der Waals surface area contributed by atoms with Crippen LogP contribution in [0.1, 0.15) is 11.4 Å². The van der Waals surface area contributed by atoms with Crippen LogP contribution >= 0.6 is 46.1 Å². The molecule has 1 aliphatic rings. The molecule has 1 aromatic heterocycles. The summed E-state index contributed by atoms with van der Waals surface area (Å²) >= 11 is 19.8. The highest BCUT2D eigenvalue weighted by atomic mass is 35.5. The fraction of sp³-hybridized carbons (Fsp3) is 0.167. The van der Waals surface area contributed by atoms with Gasteiger partial charge in [0.2, 0.25) is 0 Å². The second-order valence-corrected chi connectivity index (χ2v) is 8.31. The van der Waals surface area contributed by atoms with E-state index in [-0.39, 0.29) is 6.54 Å². The molecule has 1 aliphatic heterocycles. The number of anilines is 1. The fourth-order valence-electron chi connectivity index (χ4n) is 2.96. The van der Waals surface area contributed by atoms with Gasteiger partial charge in [-0.2, -0.15) is 0 Å². The normalized spacial score (nSPS) is 16.2. The topological polar surface area (TPSA) is 79.7 Å². The van der Waals surface area contributed by atoms with Crippen LogP contribution in [0.5, 0.6) is 5.75 Å². The van der Waals surface area contributed by atoms with E-state index in [1.165, 1.54) is 16.2 Å². The number of para-hydroxylation sites is 2. The van der Waals surface area contributed by atoms with Gasteiger partial charge in [-0.3, -0.25) is 14.5 Å². The van der Waals surface area contributed by atoms with Gasteiger partial charge in [-0.05, 0) is 18.2 Å². The summed E-state index contributed by atoms with van der Waals surface area (Å²) in [5, 5.41) is 10.7. The number of carboxylic acids is 1. The van der Waals surface area contributed by atoms with E-state index >= 15 is 0 Å². The SMILES string of the molecule is O=C(O)CC1Oc2ccccc2N(Cc2nc3c(Cl)c(Cl)cc(Cl)c3s2)C1=O. The van der Waals surface area contributed by atoms with E-state index in [4.69, 9.17) is 44.6 Å². The van der Waals surface area contributed by atoms with Gasteiger partial charge in [0.1, 0.15) is 16.3 Å². The number of amides is 1. The molecule has 0 aliphatic carbocycles. The van der Waals surface area contributed by atoms with E-state index in [0.717, 1.165) is 0 Å². The second kappa shape index (κ2) is 7.40. The van der Waals surface area contributed by atoms with Crippen molar-refractivity contribution in [1.82, 2.24) is 4.98 Å². The number of benzene rings is 2. The predicted molar refractivity (Wildman–Crippen MR) is 109 cm³/mol. The van der Waals surface area contributed by atoms with Crippen LogP contribution in [0.25, 0.3) is 10.2 Å². The number of aromatic nitrogens is 1. The molecule has 0 radical (unpaired) electrons. The van der Waals surface area contributed by atoms with Crippen molar-refractivity contribution in [2.24, 2.45) is 0 Å².